The molecule has 0 bridgehead atoms. The van der Waals surface area contributed by atoms with Crippen LogP contribution in [0.5, 0.6) is 0 Å². The first-order valence-corrected chi connectivity index (χ1v) is 11.0. The number of hydrogen-bond donors (Lipinski definition) is 1. The lowest BCUT2D eigenvalue weighted by Gasteiger charge is -2.10. The van der Waals surface area contributed by atoms with E-state index in [1.54, 1.807) is 23.6 Å². The van der Waals surface area contributed by atoms with Crippen molar-refractivity contribution in [1.82, 2.24) is 14.8 Å². The minimum absolute atomic E-state index is 0.115. The molecule has 0 aromatic carbocycles. The topological polar surface area (TPSA) is 83.6 Å². The molecule has 0 aliphatic heterocycles. The van der Waals surface area contributed by atoms with Crippen LogP contribution in [0.15, 0.2) is 35.8 Å². The molecular weight excluding hydrogens is 402 g/mol. The number of pyridine rings is 1. The minimum Gasteiger partial charge on any atom is -0.312 e. The van der Waals surface area contributed by atoms with Gasteiger partial charge >= 0.3 is 0 Å². The van der Waals surface area contributed by atoms with E-state index in [0.717, 1.165) is 21.9 Å². The molecule has 0 radical (unpaired) electrons. The Labute approximate surface area is 176 Å². The Balaban J connectivity index is 1.83. The molecule has 4 aromatic rings. The molecule has 1 N–H and O–H groups in total. The molecule has 6 nitrogen and oxygen atoms in total. The van der Waals surface area contributed by atoms with Crippen LogP contribution in [0, 0.1) is 11.3 Å². The number of thiophene rings is 2. The molecule has 0 saturated heterocycles. The summed E-state index contributed by atoms with van der Waals surface area (Å²) < 4.78 is 1.82. The van der Waals surface area contributed by atoms with Gasteiger partial charge in [-0.25, -0.2) is 9.67 Å². The highest BCUT2D eigenvalue weighted by molar-refractivity contribution is 7.16. The van der Waals surface area contributed by atoms with E-state index in [4.69, 9.17) is 4.98 Å². The fourth-order valence-electron chi connectivity index (χ4n) is 3.10. The zero-order valence-corrected chi connectivity index (χ0v) is 17.9. The van der Waals surface area contributed by atoms with Crippen molar-refractivity contribution < 1.29 is 4.79 Å². The third-order valence-corrected chi connectivity index (χ3v) is 6.64. The van der Waals surface area contributed by atoms with Gasteiger partial charge in [-0.15, -0.1) is 22.7 Å². The van der Waals surface area contributed by atoms with E-state index in [9.17, 15) is 10.1 Å². The first-order valence-electron chi connectivity index (χ1n) is 9.28. The van der Waals surface area contributed by atoms with Crippen LogP contribution in [0.3, 0.4) is 0 Å². The third-order valence-electron chi connectivity index (χ3n) is 4.55. The number of aryl methyl sites for hydroxylation is 1. The Morgan fingerprint density at radius 1 is 1.38 bits per heavy atom. The average Bonchev–Trinajstić information content (AvgIpc) is 3.45. The second-order valence-corrected chi connectivity index (χ2v) is 8.91. The van der Waals surface area contributed by atoms with Crippen LogP contribution >= 0.6 is 22.7 Å². The molecule has 8 heteroatoms. The average molecular weight is 422 g/mol. The van der Waals surface area contributed by atoms with Crippen LogP contribution in [-0.2, 0) is 6.42 Å². The van der Waals surface area contributed by atoms with Gasteiger partial charge in [0.15, 0.2) is 5.65 Å². The van der Waals surface area contributed by atoms with Gasteiger partial charge in [0.2, 0.25) is 0 Å². The monoisotopic (exact) mass is 421 g/mol. The maximum absolute atomic E-state index is 13.2. The molecular formula is C21H19N5OS2. The standard InChI is InChI=1S/C21H19N5OS2/c1-4-14-8-13(10-22)21(29-14)25-20(27)15-9-17(18-6-5-7-28-18)24-19-16(15)11-23-26(19)12(2)3/h5-9,11-12H,4H2,1-3H3,(H,25,27). The zero-order valence-electron chi connectivity index (χ0n) is 16.3. The number of nitrogens with zero attached hydrogens (tertiary/aromatic N) is 4. The number of carbonyl (C=O) groups is 1. The van der Waals surface area contributed by atoms with Crippen molar-refractivity contribution in [2.45, 2.75) is 33.2 Å². The lowest BCUT2D eigenvalue weighted by molar-refractivity contribution is 0.102. The molecule has 0 fully saturated rings. The molecule has 0 atom stereocenters. The molecule has 4 aromatic heterocycles. The molecule has 0 unspecified atom stereocenters. The maximum Gasteiger partial charge on any atom is 0.257 e. The first kappa shape index (κ1) is 19.3. The molecule has 1 amide bonds. The second-order valence-electron chi connectivity index (χ2n) is 6.83. The van der Waals surface area contributed by atoms with Crippen molar-refractivity contribution in [2.75, 3.05) is 5.32 Å². The number of amides is 1. The Morgan fingerprint density at radius 3 is 2.86 bits per heavy atom. The third kappa shape index (κ3) is 3.55. The minimum atomic E-state index is -0.264. The molecule has 29 heavy (non-hydrogen) atoms. The van der Waals surface area contributed by atoms with Crippen LogP contribution in [0.4, 0.5) is 5.00 Å². The van der Waals surface area contributed by atoms with Crippen LogP contribution in [0.25, 0.3) is 21.6 Å². The van der Waals surface area contributed by atoms with Crippen molar-refractivity contribution in [2.24, 2.45) is 0 Å². The Bertz CT molecular complexity index is 1230. The number of fused-ring (bicyclic) bond motifs is 1. The highest BCUT2D eigenvalue weighted by Crippen LogP contribution is 2.31. The van der Waals surface area contributed by atoms with Crippen molar-refractivity contribution >= 4 is 44.6 Å². The number of hydrogen-bond acceptors (Lipinski definition) is 6. The quantitative estimate of drug-likeness (QED) is 0.462. The largest absolute Gasteiger partial charge is 0.312 e. The Hall–Kier alpha value is -3.02. The number of anilines is 1. The highest BCUT2D eigenvalue weighted by Gasteiger charge is 2.20. The summed E-state index contributed by atoms with van der Waals surface area (Å²) in [6.45, 7) is 6.09. The summed E-state index contributed by atoms with van der Waals surface area (Å²) in [6, 6.07) is 9.86. The summed E-state index contributed by atoms with van der Waals surface area (Å²) in [7, 11) is 0. The Morgan fingerprint density at radius 2 is 2.21 bits per heavy atom. The first-order chi connectivity index (χ1) is 14.0. The van der Waals surface area contributed by atoms with E-state index in [-0.39, 0.29) is 11.9 Å². The van der Waals surface area contributed by atoms with Gasteiger partial charge in [-0.3, -0.25) is 4.79 Å². The molecule has 0 aliphatic rings. The lowest BCUT2D eigenvalue weighted by Crippen LogP contribution is -2.13. The van der Waals surface area contributed by atoms with Crippen molar-refractivity contribution in [3.63, 3.8) is 0 Å². The van der Waals surface area contributed by atoms with Crippen LogP contribution < -0.4 is 5.32 Å². The van der Waals surface area contributed by atoms with E-state index in [1.807, 2.05) is 49.0 Å². The summed E-state index contributed by atoms with van der Waals surface area (Å²) in [5.74, 6) is -0.264. The van der Waals surface area contributed by atoms with Gasteiger partial charge in [-0.1, -0.05) is 13.0 Å². The normalized spacial score (nSPS) is 11.1. The summed E-state index contributed by atoms with van der Waals surface area (Å²) in [5, 5.41) is 20.0. The number of nitriles is 1. The number of aromatic nitrogens is 3. The fourth-order valence-corrected chi connectivity index (χ4v) is 4.72. The predicted molar refractivity (Wildman–Crippen MR) is 118 cm³/mol. The summed E-state index contributed by atoms with van der Waals surface area (Å²) in [4.78, 5) is 20.0. The van der Waals surface area contributed by atoms with Crippen LogP contribution in [0.1, 0.15) is 47.6 Å². The van der Waals surface area contributed by atoms with Crippen LogP contribution in [-0.4, -0.2) is 20.7 Å². The van der Waals surface area contributed by atoms with E-state index < -0.39 is 0 Å². The molecule has 4 heterocycles. The van der Waals surface area contributed by atoms with Gasteiger partial charge in [-0.05, 0) is 43.8 Å². The molecule has 0 aliphatic carbocycles. The summed E-state index contributed by atoms with van der Waals surface area (Å²) in [5.41, 5.74) is 2.40. The van der Waals surface area contributed by atoms with Gasteiger partial charge in [-0.2, -0.15) is 10.4 Å². The van der Waals surface area contributed by atoms with E-state index >= 15 is 0 Å². The lowest BCUT2D eigenvalue weighted by atomic mass is 10.1. The number of carbonyl (C=O) groups excluding carboxylic acids is 1. The summed E-state index contributed by atoms with van der Waals surface area (Å²) in [6.07, 6.45) is 2.50. The number of nitrogens with one attached hydrogen (secondary N) is 1. The molecule has 0 saturated carbocycles. The van der Waals surface area contributed by atoms with Gasteiger partial charge in [0, 0.05) is 10.9 Å². The van der Waals surface area contributed by atoms with Crippen LogP contribution in [0.2, 0.25) is 0 Å². The smallest absolute Gasteiger partial charge is 0.257 e. The van der Waals surface area contributed by atoms with Crippen molar-refractivity contribution in [3.8, 4) is 16.6 Å². The van der Waals surface area contributed by atoms with Crippen molar-refractivity contribution in [3.05, 3.63) is 51.8 Å². The highest BCUT2D eigenvalue weighted by atomic mass is 32.1. The van der Waals surface area contributed by atoms with Gasteiger partial charge in [0.05, 0.1) is 33.3 Å². The van der Waals surface area contributed by atoms with E-state index in [2.05, 4.69) is 16.5 Å². The fraction of sp³-hybridized carbons (Fsp3) is 0.238. The zero-order chi connectivity index (χ0) is 20.5. The number of rotatable bonds is 5. The molecule has 146 valence electrons. The van der Waals surface area contributed by atoms with Gasteiger partial charge in [0.25, 0.3) is 5.91 Å². The predicted octanol–water partition coefficient (Wildman–Crippen LogP) is 5.49. The van der Waals surface area contributed by atoms with E-state index in [0.29, 0.717) is 27.2 Å². The van der Waals surface area contributed by atoms with E-state index in [1.165, 1.54) is 11.3 Å². The SMILES string of the molecule is CCc1cc(C#N)c(NC(=O)c2cc(-c3cccs3)nc3c2cnn3C(C)C)s1. The van der Waals surface area contributed by atoms with Gasteiger partial charge in [0.1, 0.15) is 11.1 Å². The summed E-state index contributed by atoms with van der Waals surface area (Å²) >= 11 is 3.01. The maximum atomic E-state index is 13.2. The van der Waals surface area contributed by atoms with Gasteiger partial charge < -0.3 is 5.32 Å². The second kappa shape index (κ2) is 7.78. The molecule has 4 rings (SSSR count). The Kier molecular flexibility index (Phi) is 5.18. The van der Waals surface area contributed by atoms with Crippen molar-refractivity contribution in [1.29, 1.82) is 5.26 Å². The molecule has 0 spiro atoms.